The van der Waals surface area contributed by atoms with Gasteiger partial charge < -0.3 is 11.1 Å². The Balaban J connectivity index is 1.87. The van der Waals surface area contributed by atoms with Crippen molar-refractivity contribution < 1.29 is 4.79 Å². The number of para-hydroxylation sites is 1. The van der Waals surface area contributed by atoms with E-state index in [0.717, 1.165) is 16.9 Å². The first kappa shape index (κ1) is 14.0. The number of thiazole rings is 1. The lowest BCUT2D eigenvalue weighted by Crippen LogP contribution is -2.44. The highest BCUT2D eigenvalue weighted by atomic mass is 32.1. The maximum Gasteiger partial charge on any atom is 0.237 e. The molecule has 0 radical (unpaired) electrons. The van der Waals surface area contributed by atoms with E-state index in [0.29, 0.717) is 6.54 Å². The van der Waals surface area contributed by atoms with Crippen LogP contribution in [0.15, 0.2) is 24.3 Å². The Morgan fingerprint density at radius 3 is 2.84 bits per heavy atom. The smallest absolute Gasteiger partial charge is 0.237 e. The molecule has 1 heterocycles. The van der Waals surface area contributed by atoms with Crippen LogP contribution in [0.25, 0.3) is 10.2 Å². The van der Waals surface area contributed by atoms with Gasteiger partial charge in [0, 0.05) is 13.0 Å². The Kier molecular flexibility index (Phi) is 4.50. The fourth-order valence-corrected chi connectivity index (χ4v) is 2.71. The first-order chi connectivity index (χ1) is 9.08. The highest BCUT2D eigenvalue weighted by Gasteiger charge is 2.16. The molecule has 0 unspecified atom stereocenters. The Labute approximate surface area is 117 Å². The third kappa shape index (κ3) is 3.52. The molecule has 0 aliphatic carbocycles. The van der Waals surface area contributed by atoms with Crippen LogP contribution < -0.4 is 11.1 Å². The number of benzene rings is 1. The van der Waals surface area contributed by atoms with E-state index < -0.39 is 6.04 Å². The van der Waals surface area contributed by atoms with Crippen molar-refractivity contribution >= 4 is 27.5 Å². The molecular formula is C14H19N3OS. The number of rotatable bonds is 5. The highest BCUT2D eigenvalue weighted by Crippen LogP contribution is 2.21. The van der Waals surface area contributed by atoms with E-state index in [2.05, 4.69) is 16.4 Å². The van der Waals surface area contributed by atoms with E-state index in [1.54, 1.807) is 11.3 Å². The van der Waals surface area contributed by atoms with Gasteiger partial charge in [-0.25, -0.2) is 4.98 Å². The molecule has 4 nitrogen and oxygen atoms in total. The lowest BCUT2D eigenvalue weighted by atomic mass is 10.1. The van der Waals surface area contributed by atoms with E-state index in [1.807, 2.05) is 32.0 Å². The summed E-state index contributed by atoms with van der Waals surface area (Å²) < 4.78 is 1.18. The lowest BCUT2D eigenvalue weighted by Gasteiger charge is -2.14. The first-order valence-electron chi connectivity index (χ1n) is 6.45. The maximum atomic E-state index is 11.7. The summed E-state index contributed by atoms with van der Waals surface area (Å²) in [4.78, 5) is 16.2. The molecule has 5 heteroatoms. The monoisotopic (exact) mass is 277 g/mol. The fourth-order valence-electron chi connectivity index (χ4n) is 1.74. The predicted octanol–water partition coefficient (Wildman–Crippen LogP) is 1.94. The van der Waals surface area contributed by atoms with Gasteiger partial charge in [0.05, 0.1) is 21.3 Å². The van der Waals surface area contributed by atoms with Crippen LogP contribution in [0, 0.1) is 5.92 Å². The maximum absolute atomic E-state index is 11.7. The molecule has 0 aliphatic heterocycles. The molecule has 0 fully saturated rings. The normalized spacial score (nSPS) is 12.8. The average Bonchev–Trinajstić information content (AvgIpc) is 2.80. The van der Waals surface area contributed by atoms with Gasteiger partial charge in [0.1, 0.15) is 0 Å². The van der Waals surface area contributed by atoms with Crippen LogP contribution in [0.4, 0.5) is 0 Å². The number of carbonyl (C=O) groups excluding carboxylic acids is 1. The van der Waals surface area contributed by atoms with E-state index in [1.165, 1.54) is 4.70 Å². The molecule has 102 valence electrons. The number of hydrogen-bond donors (Lipinski definition) is 2. The zero-order valence-electron chi connectivity index (χ0n) is 11.2. The molecule has 0 spiro atoms. The van der Waals surface area contributed by atoms with Crippen molar-refractivity contribution in [1.29, 1.82) is 0 Å². The summed E-state index contributed by atoms with van der Waals surface area (Å²) in [5.74, 6) is 0.0681. The minimum atomic E-state index is -0.435. The molecule has 1 atom stereocenters. The molecule has 1 amide bonds. The minimum Gasteiger partial charge on any atom is -0.354 e. The lowest BCUT2D eigenvalue weighted by molar-refractivity contribution is -0.123. The summed E-state index contributed by atoms with van der Waals surface area (Å²) in [6.45, 7) is 4.47. The third-order valence-electron chi connectivity index (χ3n) is 3.00. The van der Waals surface area contributed by atoms with Crippen molar-refractivity contribution in [3.63, 3.8) is 0 Å². The molecule has 3 N–H and O–H groups in total. The molecule has 0 saturated carbocycles. The first-order valence-corrected chi connectivity index (χ1v) is 7.27. The summed E-state index contributed by atoms with van der Waals surface area (Å²) in [5, 5.41) is 3.90. The molecular weight excluding hydrogens is 258 g/mol. The van der Waals surface area contributed by atoms with Gasteiger partial charge in [-0.1, -0.05) is 26.0 Å². The van der Waals surface area contributed by atoms with Crippen molar-refractivity contribution in [2.45, 2.75) is 26.3 Å². The summed E-state index contributed by atoms with van der Waals surface area (Å²) in [7, 11) is 0. The van der Waals surface area contributed by atoms with Gasteiger partial charge in [0.2, 0.25) is 5.91 Å². The second-order valence-electron chi connectivity index (χ2n) is 4.89. The fraction of sp³-hybridized carbons (Fsp3) is 0.429. The zero-order valence-corrected chi connectivity index (χ0v) is 12.0. The molecule has 19 heavy (non-hydrogen) atoms. The van der Waals surface area contributed by atoms with Crippen molar-refractivity contribution in [2.24, 2.45) is 11.7 Å². The van der Waals surface area contributed by atoms with Crippen molar-refractivity contribution in [3.05, 3.63) is 29.3 Å². The van der Waals surface area contributed by atoms with E-state index in [-0.39, 0.29) is 11.8 Å². The molecule has 0 saturated heterocycles. The Hall–Kier alpha value is -1.46. The minimum absolute atomic E-state index is 0.0869. The number of amides is 1. The quantitative estimate of drug-likeness (QED) is 0.877. The van der Waals surface area contributed by atoms with E-state index in [4.69, 9.17) is 5.73 Å². The van der Waals surface area contributed by atoms with Gasteiger partial charge >= 0.3 is 0 Å². The Bertz CT molecular complexity index is 532. The standard InChI is InChI=1S/C14H19N3OS/c1-9(2)13(15)14(18)16-8-7-12-17-10-5-3-4-6-11(10)19-12/h3-6,9,13H,7-8,15H2,1-2H3,(H,16,18)/t13-/m0/s1. The number of nitrogens with zero attached hydrogens (tertiary/aromatic N) is 1. The SMILES string of the molecule is CC(C)[C@H](N)C(=O)NCCc1nc2ccccc2s1. The van der Waals surface area contributed by atoms with Crippen LogP contribution in [-0.2, 0) is 11.2 Å². The number of fused-ring (bicyclic) bond motifs is 1. The number of nitrogens with two attached hydrogens (primary N) is 1. The summed E-state index contributed by atoms with van der Waals surface area (Å²) in [6, 6.07) is 7.62. The van der Waals surface area contributed by atoms with Crippen LogP contribution in [0.2, 0.25) is 0 Å². The van der Waals surface area contributed by atoms with E-state index in [9.17, 15) is 4.79 Å². The number of nitrogens with one attached hydrogen (secondary N) is 1. The molecule has 2 rings (SSSR count). The summed E-state index contributed by atoms with van der Waals surface area (Å²) in [5.41, 5.74) is 6.80. The van der Waals surface area contributed by atoms with Crippen LogP contribution in [0.3, 0.4) is 0 Å². The second kappa shape index (κ2) is 6.12. The summed E-state index contributed by atoms with van der Waals surface area (Å²) in [6.07, 6.45) is 0.746. The van der Waals surface area contributed by atoms with E-state index >= 15 is 0 Å². The third-order valence-corrected chi connectivity index (χ3v) is 4.09. The second-order valence-corrected chi connectivity index (χ2v) is 6.00. The van der Waals surface area contributed by atoms with Crippen molar-refractivity contribution in [3.8, 4) is 0 Å². The molecule has 0 bridgehead atoms. The molecule has 1 aromatic carbocycles. The average molecular weight is 277 g/mol. The van der Waals surface area contributed by atoms with Gasteiger partial charge in [0.15, 0.2) is 0 Å². The van der Waals surface area contributed by atoms with Crippen LogP contribution >= 0.6 is 11.3 Å². The van der Waals surface area contributed by atoms with Crippen molar-refractivity contribution in [2.75, 3.05) is 6.54 Å². The number of aromatic nitrogens is 1. The van der Waals surface area contributed by atoms with Crippen LogP contribution in [-0.4, -0.2) is 23.5 Å². The Morgan fingerprint density at radius 1 is 1.42 bits per heavy atom. The molecule has 1 aromatic heterocycles. The number of hydrogen-bond acceptors (Lipinski definition) is 4. The highest BCUT2D eigenvalue weighted by molar-refractivity contribution is 7.18. The number of carbonyl (C=O) groups is 1. The van der Waals surface area contributed by atoms with Gasteiger partial charge in [-0.15, -0.1) is 11.3 Å². The van der Waals surface area contributed by atoms with Gasteiger partial charge in [0.25, 0.3) is 0 Å². The van der Waals surface area contributed by atoms with Gasteiger partial charge in [-0.2, -0.15) is 0 Å². The predicted molar refractivity (Wildman–Crippen MR) is 79.1 cm³/mol. The van der Waals surface area contributed by atoms with Crippen molar-refractivity contribution in [1.82, 2.24) is 10.3 Å². The van der Waals surface area contributed by atoms with Crippen LogP contribution in [0.5, 0.6) is 0 Å². The van der Waals surface area contributed by atoms with Gasteiger partial charge in [-0.3, -0.25) is 4.79 Å². The summed E-state index contributed by atoms with van der Waals surface area (Å²) >= 11 is 1.67. The topological polar surface area (TPSA) is 68.0 Å². The molecule has 2 aromatic rings. The largest absolute Gasteiger partial charge is 0.354 e. The Morgan fingerprint density at radius 2 is 2.16 bits per heavy atom. The zero-order chi connectivity index (χ0) is 13.8. The molecule has 0 aliphatic rings. The van der Waals surface area contributed by atoms with Gasteiger partial charge in [-0.05, 0) is 18.1 Å². The van der Waals surface area contributed by atoms with Crippen LogP contribution in [0.1, 0.15) is 18.9 Å².